The highest BCUT2D eigenvalue weighted by molar-refractivity contribution is 5.95. The number of nitrogens with zero attached hydrogens (tertiary/aromatic N) is 1. The fourth-order valence-corrected chi connectivity index (χ4v) is 2.81. The molecule has 0 fully saturated rings. The molecule has 0 spiro atoms. The second kappa shape index (κ2) is 9.62. The number of methoxy groups -OCH3 is 2. The number of amides is 1. The van der Waals surface area contributed by atoms with Gasteiger partial charge in [-0.3, -0.25) is 4.79 Å². The largest absolute Gasteiger partial charge is 0.493 e. The van der Waals surface area contributed by atoms with Crippen molar-refractivity contribution in [2.45, 2.75) is 20.0 Å². The van der Waals surface area contributed by atoms with Crippen molar-refractivity contribution in [3.05, 3.63) is 59.7 Å². The molecule has 6 heteroatoms. The van der Waals surface area contributed by atoms with Gasteiger partial charge in [-0.15, -0.1) is 0 Å². The Morgan fingerprint density at radius 2 is 1.59 bits per heavy atom. The fourth-order valence-electron chi connectivity index (χ4n) is 2.81. The molecule has 2 rings (SSSR count). The van der Waals surface area contributed by atoms with Gasteiger partial charge in [-0.1, -0.05) is 36.4 Å². The molecule has 0 radical (unpaired) electrons. The predicted octanol–water partition coefficient (Wildman–Crippen LogP) is 3.47. The Morgan fingerprint density at radius 3 is 2.15 bits per heavy atom. The average Bonchev–Trinajstić information content (AvgIpc) is 2.72. The molecule has 0 heterocycles. The lowest BCUT2D eigenvalue weighted by atomic mass is 10.1. The van der Waals surface area contributed by atoms with E-state index in [1.165, 1.54) is 14.2 Å². The van der Waals surface area contributed by atoms with Gasteiger partial charge in [-0.2, -0.15) is 0 Å². The van der Waals surface area contributed by atoms with E-state index in [9.17, 15) is 9.59 Å². The third-order valence-electron chi connectivity index (χ3n) is 4.25. The highest BCUT2D eigenvalue weighted by Crippen LogP contribution is 2.32. The molecule has 2 aromatic carbocycles. The molecule has 0 aromatic heterocycles. The highest BCUT2D eigenvalue weighted by atomic mass is 16.6. The molecule has 27 heavy (non-hydrogen) atoms. The Labute approximate surface area is 159 Å². The van der Waals surface area contributed by atoms with E-state index < -0.39 is 12.1 Å². The molecule has 0 saturated carbocycles. The molecule has 0 saturated heterocycles. The first-order valence-corrected chi connectivity index (χ1v) is 8.83. The van der Waals surface area contributed by atoms with Gasteiger partial charge in [0.25, 0.3) is 5.91 Å². The maximum atomic E-state index is 12.9. The van der Waals surface area contributed by atoms with E-state index in [4.69, 9.17) is 14.2 Å². The van der Waals surface area contributed by atoms with Crippen molar-refractivity contribution < 1.29 is 23.8 Å². The first kappa shape index (κ1) is 20.3. The average molecular weight is 371 g/mol. The lowest BCUT2D eigenvalue weighted by Crippen LogP contribution is -2.36. The maximum Gasteiger partial charge on any atom is 0.343 e. The van der Waals surface area contributed by atoms with Crippen LogP contribution in [0, 0.1) is 0 Å². The van der Waals surface area contributed by atoms with E-state index in [1.54, 1.807) is 47.4 Å². The van der Waals surface area contributed by atoms with Crippen LogP contribution >= 0.6 is 0 Å². The molecule has 1 atom stereocenters. The summed E-state index contributed by atoms with van der Waals surface area (Å²) in [6.45, 7) is 4.82. The Bertz CT molecular complexity index is 771. The van der Waals surface area contributed by atoms with Crippen LogP contribution in [0.5, 0.6) is 11.5 Å². The van der Waals surface area contributed by atoms with E-state index in [0.717, 1.165) is 0 Å². The van der Waals surface area contributed by atoms with Crippen LogP contribution in [0.15, 0.2) is 48.5 Å². The summed E-state index contributed by atoms with van der Waals surface area (Å²) < 4.78 is 16.2. The van der Waals surface area contributed by atoms with Crippen molar-refractivity contribution in [1.82, 2.24) is 4.90 Å². The lowest BCUT2D eigenvalue weighted by molar-refractivity contribution is -0.140. The second-order valence-electron chi connectivity index (χ2n) is 5.75. The van der Waals surface area contributed by atoms with Gasteiger partial charge in [0.15, 0.2) is 11.5 Å². The van der Waals surface area contributed by atoms with Crippen LogP contribution < -0.4 is 9.47 Å². The fraction of sp³-hybridized carbons (Fsp3) is 0.333. The summed E-state index contributed by atoms with van der Waals surface area (Å²) in [5, 5.41) is 0. The summed E-state index contributed by atoms with van der Waals surface area (Å²) in [7, 11) is 2.94. The number of rotatable bonds is 8. The third-order valence-corrected chi connectivity index (χ3v) is 4.25. The summed E-state index contributed by atoms with van der Waals surface area (Å²) in [5.41, 5.74) is 0.815. The monoisotopic (exact) mass is 371 g/mol. The molecular formula is C21H25NO5. The van der Waals surface area contributed by atoms with Crippen molar-refractivity contribution in [3.63, 3.8) is 0 Å². The zero-order valence-electron chi connectivity index (χ0n) is 16.1. The van der Waals surface area contributed by atoms with Gasteiger partial charge in [-0.05, 0) is 26.0 Å². The van der Waals surface area contributed by atoms with Crippen molar-refractivity contribution >= 4 is 11.9 Å². The zero-order chi connectivity index (χ0) is 19.8. The Kier molecular flexibility index (Phi) is 7.23. The van der Waals surface area contributed by atoms with E-state index in [0.29, 0.717) is 24.4 Å². The Hall–Kier alpha value is -3.02. The number of carbonyl (C=O) groups is 2. The molecule has 2 aromatic rings. The molecule has 144 valence electrons. The van der Waals surface area contributed by atoms with E-state index >= 15 is 0 Å². The Morgan fingerprint density at radius 1 is 0.926 bits per heavy atom. The normalized spacial score (nSPS) is 11.4. The molecule has 0 N–H and O–H groups in total. The molecular weight excluding hydrogens is 346 g/mol. The summed E-state index contributed by atoms with van der Waals surface area (Å²) in [4.78, 5) is 27.4. The van der Waals surface area contributed by atoms with Crippen LogP contribution in [0.4, 0.5) is 0 Å². The predicted molar refractivity (Wildman–Crippen MR) is 102 cm³/mol. The number of esters is 1. The number of likely N-dealkylation sites (N-methyl/N-ethyl adjacent to an activating group) is 1. The minimum Gasteiger partial charge on any atom is -0.493 e. The lowest BCUT2D eigenvalue weighted by Gasteiger charge is -2.25. The number of ether oxygens (including phenoxy) is 3. The van der Waals surface area contributed by atoms with Gasteiger partial charge in [0.1, 0.15) is 5.56 Å². The number of para-hydroxylation sites is 1. The highest BCUT2D eigenvalue weighted by Gasteiger charge is 2.30. The topological polar surface area (TPSA) is 65.1 Å². The Balaban J connectivity index is 2.38. The first-order valence-electron chi connectivity index (χ1n) is 8.83. The van der Waals surface area contributed by atoms with E-state index in [-0.39, 0.29) is 17.2 Å². The van der Waals surface area contributed by atoms with Crippen LogP contribution in [0.1, 0.15) is 35.9 Å². The summed E-state index contributed by atoms with van der Waals surface area (Å²) in [6, 6.07) is 13.9. The van der Waals surface area contributed by atoms with Crippen LogP contribution in [-0.2, 0) is 9.53 Å². The quantitative estimate of drug-likeness (QED) is 0.665. The molecule has 0 aliphatic heterocycles. The van der Waals surface area contributed by atoms with Gasteiger partial charge < -0.3 is 19.1 Å². The van der Waals surface area contributed by atoms with E-state index in [1.807, 2.05) is 19.9 Å². The van der Waals surface area contributed by atoms with Crippen LogP contribution in [0.25, 0.3) is 0 Å². The molecule has 0 bridgehead atoms. The molecule has 6 nitrogen and oxygen atoms in total. The summed E-state index contributed by atoms with van der Waals surface area (Å²) in [5.74, 6) is -0.230. The van der Waals surface area contributed by atoms with Crippen molar-refractivity contribution in [2.75, 3.05) is 27.3 Å². The molecule has 1 amide bonds. The molecule has 0 aliphatic rings. The molecule has 0 aliphatic carbocycles. The number of benzene rings is 2. The van der Waals surface area contributed by atoms with Crippen molar-refractivity contribution in [1.29, 1.82) is 0 Å². The van der Waals surface area contributed by atoms with Gasteiger partial charge in [0, 0.05) is 18.7 Å². The van der Waals surface area contributed by atoms with Gasteiger partial charge in [-0.25, -0.2) is 4.79 Å². The summed E-state index contributed by atoms with van der Waals surface area (Å²) >= 11 is 0. The summed E-state index contributed by atoms with van der Waals surface area (Å²) in [6.07, 6.45) is -1.03. The first-order chi connectivity index (χ1) is 13.1. The van der Waals surface area contributed by atoms with Gasteiger partial charge in [0.05, 0.1) is 14.2 Å². The van der Waals surface area contributed by atoms with Crippen LogP contribution in [-0.4, -0.2) is 44.1 Å². The maximum absolute atomic E-state index is 12.9. The van der Waals surface area contributed by atoms with Gasteiger partial charge >= 0.3 is 5.97 Å². The van der Waals surface area contributed by atoms with Crippen LogP contribution in [0.2, 0.25) is 0 Å². The van der Waals surface area contributed by atoms with E-state index in [2.05, 4.69) is 0 Å². The van der Waals surface area contributed by atoms with Crippen LogP contribution in [0.3, 0.4) is 0 Å². The smallest absolute Gasteiger partial charge is 0.343 e. The second-order valence-corrected chi connectivity index (χ2v) is 5.75. The number of hydrogen-bond donors (Lipinski definition) is 0. The zero-order valence-corrected chi connectivity index (χ0v) is 16.1. The number of hydrogen-bond acceptors (Lipinski definition) is 5. The standard InChI is InChI=1S/C21H25NO5/c1-5-22(6-2)20(23)18(15-11-8-7-9-12-15)27-21(24)16-13-10-14-17(25-3)19(16)26-4/h7-14,18H,5-6H2,1-4H3/t18-/m0/s1. The third kappa shape index (κ3) is 4.58. The van der Waals surface area contributed by atoms with Crippen molar-refractivity contribution in [3.8, 4) is 11.5 Å². The number of carbonyl (C=O) groups excluding carboxylic acids is 2. The molecule has 0 unspecified atom stereocenters. The minimum absolute atomic E-state index is 0.199. The minimum atomic E-state index is -1.03. The SMILES string of the molecule is CCN(CC)C(=O)[C@@H](OC(=O)c1cccc(OC)c1OC)c1ccccc1. The van der Waals surface area contributed by atoms with Gasteiger partial charge in [0.2, 0.25) is 6.10 Å². The van der Waals surface area contributed by atoms with Crippen molar-refractivity contribution in [2.24, 2.45) is 0 Å².